The van der Waals surface area contributed by atoms with Crippen LogP contribution in [-0.2, 0) is 16.4 Å². The Hall–Kier alpha value is -3.82. The molecule has 0 spiro atoms. The number of nitrogens with zero attached hydrogens (tertiary/aromatic N) is 4. The minimum atomic E-state index is -3.69. The number of carbonyl (C=O) groups excluding carboxylic acids is 1. The van der Waals surface area contributed by atoms with E-state index >= 15 is 0 Å². The van der Waals surface area contributed by atoms with Crippen molar-refractivity contribution in [2.75, 3.05) is 11.9 Å². The SMILES string of the molecule is Cc1ccc(S(=O)(=O)NCCc2nnc(NC(=O)c3cc([N+](=O)[O-])cc([N+](=O)[O-])c3)s2)cc1. The number of carbonyl (C=O) groups is 1. The standard InChI is InChI=1S/C18H16N6O7S2/c1-11-2-4-15(5-3-11)33(30,31)19-7-6-16-21-22-18(32-16)20-17(25)12-8-13(23(26)27)10-14(9-12)24(28)29/h2-5,8-10,19H,6-7H2,1H3,(H,20,22,25). The number of amides is 1. The van der Waals surface area contributed by atoms with Gasteiger partial charge in [0.05, 0.1) is 26.4 Å². The van der Waals surface area contributed by atoms with Crippen molar-refractivity contribution in [2.45, 2.75) is 18.2 Å². The van der Waals surface area contributed by atoms with E-state index in [1.165, 1.54) is 12.1 Å². The van der Waals surface area contributed by atoms with Crippen LogP contribution in [0.15, 0.2) is 47.4 Å². The first kappa shape index (κ1) is 23.8. The molecule has 1 heterocycles. The Balaban J connectivity index is 1.63. The second kappa shape index (κ2) is 9.76. The normalized spacial score (nSPS) is 11.2. The van der Waals surface area contributed by atoms with Gasteiger partial charge in [-0.1, -0.05) is 29.0 Å². The average Bonchev–Trinajstić information content (AvgIpc) is 3.20. The van der Waals surface area contributed by atoms with Crippen LogP contribution in [0.5, 0.6) is 0 Å². The van der Waals surface area contributed by atoms with Gasteiger partial charge in [-0.25, -0.2) is 13.1 Å². The Bertz CT molecular complexity index is 1290. The third-order valence-corrected chi connectivity index (χ3v) is 6.61. The summed E-state index contributed by atoms with van der Waals surface area (Å²) in [6.07, 6.45) is 0.195. The van der Waals surface area contributed by atoms with Crippen molar-refractivity contribution in [3.63, 3.8) is 0 Å². The van der Waals surface area contributed by atoms with E-state index in [1.807, 2.05) is 6.92 Å². The summed E-state index contributed by atoms with van der Waals surface area (Å²) in [6.45, 7) is 1.88. The molecule has 172 valence electrons. The van der Waals surface area contributed by atoms with Crippen molar-refractivity contribution in [3.8, 4) is 0 Å². The average molecular weight is 492 g/mol. The molecule has 0 radical (unpaired) electrons. The molecular formula is C18H16N6O7S2. The van der Waals surface area contributed by atoms with Crippen molar-refractivity contribution < 1.29 is 23.1 Å². The molecule has 15 heteroatoms. The Morgan fingerprint density at radius 2 is 1.64 bits per heavy atom. The van der Waals surface area contributed by atoms with Gasteiger partial charge in [-0.3, -0.25) is 30.3 Å². The van der Waals surface area contributed by atoms with Crippen LogP contribution in [0.3, 0.4) is 0 Å². The number of benzene rings is 2. The van der Waals surface area contributed by atoms with Gasteiger partial charge in [0.25, 0.3) is 17.3 Å². The zero-order valence-corrected chi connectivity index (χ0v) is 18.6. The molecule has 0 saturated heterocycles. The van der Waals surface area contributed by atoms with Gasteiger partial charge in [0.1, 0.15) is 5.01 Å². The molecular weight excluding hydrogens is 476 g/mol. The minimum Gasteiger partial charge on any atom is -0.296 e. The molecule has 0 atom stereocenters. The molecule has 0 unspecified atom stereocenters. The van der Waals surface area contributed by atoms with Gasteiger partial charge in [0, 0.05) is 25.1 Å². The van der Waals surface area contributed by atoms with E-state index < -0.39 is 37.2 Å². The Morgan fingerprint density at radius 1 is 1.03 bits per heavy atom. The Kier molecular flexibility index (Phi) is 7.05. The maximum absolute atomic E-state index is 12.4. The quantitative estimate of drug-likeness (QED) is 0.334. The monoisotopic (exact) mass is 492 g/mol. The van der Waals surface area contributed by atoms with Crippen LogP contribution < -0.4 is 10.0 Å². The molecule has 1 amide bonds. The summed E-state index contributed by atoms with van der Waals surface area (Å²) in [4.78, 5) is 32.8. The lowest BCUT2D eigenvalue weighted by Gasteiger charge is -2.05. The minimum absolute atomic E-state index is 0.0376. The predicted octanol–water partition coefficient (Wildman–Crippen LogP) is 2.44. The van der Waals surface area contributed by atoms with Crippen molar-refractivity contribution in [2.24, 2.45) is 0 Å². The summed E-state index contributed by atoms with van der Waals surface area (Å²) in [7, 11) is -3.69. The number of hydrogen-bond acceptors (Lipinski definition) is 10. The number of hydrogen-bond donors (Lipinski definition) is 2. The smallest absolute Gasteiger partial charge is 0.277 e. The maximum atomic E-state index is 12.4. The number of nitro benzene ring substituents is 2. The topological polar surface area (TPSA) is 187 Å². The van der Waals surface area contributed by atoms with Crippen molar-refractivity contribution in [1.29, 1.82) is 0 Å². The Labute approximate surface area is 190 Å². The number of nitrogens with one attached hydrogen (secondary N) is 2. The molecule has 3 aromatic rings. The van der Waals surface area contributed by atoms with Gasteiger partial charge in [0.2, 0.25) is 15.2 Å². The number of rotatable bonds is 9. The lowest BCUT2D eigenvalue weighted by Crippen LogP contribution is -2.25. The summed E-state index contributed by atoms with van der Waals surface area (Å²) in [6, 6.07) is 8.92. The molecule has 13 nitrogen and oxygen atoms in total. The molecule has 1 aromatic heterocycles. The zero-order valence-electron chi connectivity index (χ0n) is 16.9. The lowest BCUT2D eigenvalue weighted by molar-refractivity contribution is -0.394. The molecule has 0 bridgehead atoms. The first-order valence-corrected chi connectivity index (χ1v) is 11.5. The zero-order chi connectivity index (χ0) is 24.2. The molecule has 2 N–H and O–H groups in total. The second-order valence-electron chi connectivity index (χ2n) is 6.67. The van der Waals surface area contributed by atoms with E-state index in [4.69, 9.17) is 0 Å². The van der Waals surface area contributed by atoms with Gasteiger partial charge >= 0.3 is 0 Å². The van der Waals surface area contributed by atoms with Gasteiger partial charge in [0.15, 0.2) is 0 Å². The molecule has 33 heavy (non-hydrogen) atoms. The van der Waals surface area contributed by atoms with Gasteiger partial charge < -0.3 is 0 Å². The molecule has 0 saturated carbocycles. The van der Waals surface area contributed by atoms with Gasteiger partial charge in [-0.2, -0.15) is 0 Å². The number of sulfonamides is 1. The Morgan fingerprint density at radius 3 is 2.21 bits per heavy atom. The molecule has 0 fully saturated rings. The first-order chi connectivity index (χ1) is 15.5. The van der Waals surface area contributed by atoms with Crippen LogP contribution in [0.25, 0.3) is 0 Å². The maximum Gasteiger partial charge on any atom is 0.277 e. The summed E-state index contributed by atoms with van der Waals surface area (Å²) < 4.78 is 27.0. The number of aromatic nitrogens is 2. The van der Waals surface area contributed by atoms with E-state index in [0.29, 0.717) is 5.01 Å². The van der Waals surface area contributed by atoms with Crippen LogP contribution in [0.1, 0.15) is 20.9 Å². The highest BCUT2D eigenvalue weighted by atomic mass is 32.2. The van der Waals surface area contributed by atoms with Gasteiger partial charge in [-0.15, -0.1) is 10.2 Å². The summed E-state index contributed by atoms with van der Waals surface area (Å²) in [5.41, 5.74) is -0.572. The molecule has 2 aromatic carbocycles. The second-order valence-corrected chi connectivity index (χ2v) is 9.50. The lowest BCUT2D eigenvalue weighted by atomic mass is 10.1. The number of nitro groups is 2. The molecule has 0 aliphatic heterocycles. The van der Waals surface area contributed by atoms with Crippen molar-refractivity contribution >= 4 is 43.8 Å². The van der Waals surface area contributed by atoms with Crippen LogP contribution >= 0.6 is 11.3 Å². The highest BCUT2D eigenvalue weighted by Gasteiger charge is 2.21. The fourth-order valence-corrected chi connectivity index (χ4v) is 4.37. The third kappa shape index (κ3) is 6.12. The van der Waals surface area contributed by atoms with E-state index in [2.05, 4.69) is 20.2 Å². The van der Waals surface area contributed by atoms with E-state index in [9.17, 15) is 33.4 Å². The fraction of sp³-hybridized carbons (Fsp3) is 0.167. The molecule has 3 rings (SSSR count). The number of aryl methyl sites for hydroxylation is 1. The van der Waals surface area contributed by atoms with E-state index in [0.717, 1.165) is 35.1 Å². The summed E-state index contributed by atoms with van der Waals surface area (Å²) in [5.74, 6) is -0.843. The molecule has 0 aliphatic carbocycles. The summed E-state index contributed by atoms with van der Waals surface area (Å²) >= 11 is 0.968. The van der Waals surface area contributed by atoms with Crippen LogP contribution in [-0.4, -0.2) is 40.9 Å². The van der Waals surface area contributed by atoms with Crippen molar-refractivity contribution in [1.82, 2.24) is 14.9 Å². The van der Waals surface area contributed by atoms with Gasteiger partial charge in [-0.05, 0) is 19.1 Å². The van der Waals surface area contributed by atoms with Crippen LogP contribution in [0.2, 0.25) is 0 Å². The van der Waals surface area contributed by atoms with Crippen LogP contribution in [0.4, 0.5) is 16.5 Å². The largest absolute Gasteiger partial charge is 0.296 e. The number of non-ortho nitro benzene ring substituents is 2. The van der Waals surface area contributed by atoms with Crippen molar-refractivity contribution in [3.05, 3.63) is 78.8 Å². The van der Waals surface area contributed by atoms with E-state index in [1.54, 1.807) is 12.1 Å². The highest BCUT2D eigenvalue weighted by molar-refractivity contribution is 7.89. The fourth-order valence-electron chi connectivity index (χ4n) is 2.60. The first-order valence-electron chi connectivity index (χ1n) is 9.19. The third-order valence-electron chi connectivity index (χ3n) is 4.24. The van der Waals surface area contributed by atoms with Crippen LogP contribution in [0, 0.1) is 27.2 Å². The van der Waals surface area contributed by atoms with E-state index in [-0.39, 0.29) is 28.6 Å². The predicted molar refractivity (Wildman–Crippen MR) is 118 cm³/mol. The molecule has 0 aliphatic rings. The summed E-state index contributed by atoms with van der Waals surface area (Å²) in [5, 5.41) is 32.4. The number of anilines is 1. The highest BCUT2D eigenvalue weighted by Crippen LogP contribution is 2.24.